The molecular formula is C6H6O5. The zero-order valence-electron chi connectivity index (χ0n) is 5.48. The van der Waals surface area contributed by atoms with Crippen LogP contribution in [0.15, 0.2) is 11.6 Å². The van der Waals surface area contributed by atoms with Gasteiger partial charge in [0.05, 0.1) is 12.2 Å². The van der Waals surface area contributed by atoms with Crippen LogP contribution in [0.1, 0.15) is 0 Å². The number of ether oxygens (including phenoxy) is 1. The van der Waals surface area contributed by atoms with Crippen LogP contribution in [0.5, 0.6) is 0 Å². The second-order valence-electron chi connectivity index (χ2n) is 2.07. The van der Waals surface area contributed by atoms with Crippen molar-refractivity contribution < 1.29 is 24.5 Å². The zero-order chi connectivity index (χ0) is 8.43. The lowest BCUT2D eigenvalue weighted by Crippen LogP contribution is -2.09. The molecule has 1 rings (SSSR count). The summed E-state index contributed by atoms with van der Waals surface area (Å²) in [6.45, 7) is 0.297. The third kappa shape index (κ3) is 2.05. The van der Waals surface area contributed by atoms with Crippen molar-refractivity contribution in [2.24, 2.45) is 0 Å². The second-order valence-corrected chi connectivity index (χ2v) is 2.07. The topological polar surface area (TPSA) is 87.1 Å². The largest absolute Gasteiger partial charge is 0.478 e. The van der Waals surface area contributed by atoms with Crippen LogP contribution in [0, 0.1) is 0 Å². The first-order valence-corrected chi connectivity index (χ1v) is 2.90. The van der Waals surface area contributed by atoms with E-state index in [1.807, 2.05) is 0 Å². The summed E-state index contributed by atoms with van der Waals surface area (Å²) in [5, 5.41) is 16.6. The molecule has 11 heavy (non-hydrogen) atoms. The molecule has 0 spiro atoms. The maximum Gasteiger partial charge on any atom is 0.334 e. The van der Waals surface area contributed by atoms with Gasteiger partial charge in [0.15, 0.2) is 0 Å². The highest BCUT2D eigenvalue weighted by molar-refractivity contribution is 5.95. The number of epoxide rings is 1. The smallest absolute Gasteiger partial charge is 0.334 e. The second kappa shape index (κ2) is 2.71. The molecule has 0 aromatic carbocycles. The Labute approximate surface area is 61.9 Å². The summed E-state index contributed by atoms with van der Waals surface area (Å²) in [6.07, 6.45) is 0.128. The van der Waals surface area contributed by atoms with Crippen molar-refractivity contribution in [1.29, 1.82) is 0 Å². The molecule has 1 aliphatic heterocycles. The van der Waals surface area contributed by atoms with Crippen LogP contribution >= 0.6 is 0 Å². The van der Waals surface area contributed by atoms with Gasteiger partial charge in [-0.2, -0.15) is 0 Å². The first-order valence-electron chi connectivity index (χ1n) is 2.90. The first kappa shape index (κ1) is 7.74. The van der Waals surface area contributed by atoms with Crippen molar-refractivity contribution in [3.05, 3.63) is 11.6 Å². The highest BCUT2D eigenvalue weighted by Gasteiger charge is 2.32. The minimum atomic E-state index is -1.27. The van der Waals surface area contributed by atoms with Crippen molar-refractivity contribution >= 4 is 11.9 Å². The average Bonchev–Trinajstić information content (AvgIpc) is 2.63. The van der Waals surface area contributed by atoms with E-state index in [0.717, 1.165) is 0 Å². The number of hydrogen-bond acceptors (Lipinski definition) is 3. The van der Waals surface area contributed by atoms with Crippen LogP contribution in [0.2, 0.25) is 0 Å². The lowest BCUT2D eigenvalue weighted by molar-refractivity contribution is -0.135. The molecule has 1 aliphatic rings. The summed E-state index contributed by atoms with van der Waals surface area (Å²) in [5.41, 5.74) is -0.197. The van der Waals surface area contributed by atoms with Crippen molar-refractivity contribution in [1.82, 2.24) is 0 Å². The Morgan fingerprint density at radius 1 is 1.45 bits per heavy atom. The Kier molecular flexibility index (Phi) is 1.91. The van der Waals surface area contributed by atoms with Gasteiger partial charge in [-0.05, 0) is 0 Å². The fourth-order valence-corrected chi connectivity index (χ4v) is 0.653. The molecule has 0 amide bonds. The predicted octanol–water partition coefficient (Wildman–Crippen LogP) is -0.519. The molecule has 0 aromatic rings. The van der Waals surface area contributed by atoms with E-state index in [-0.39, 0.29) is 5.57 Å². The monoisotopic (exact) mass is 158 g/mol. The quantitative estimate of drug-likeness (QED) is 0.426. The van der Waals surface area contributed by atoms with E-state index in [4.69, 9.17) is 10.2 Å². The van der Waals surface area contributed by atoms with Gasteiger partial charge < -0.3 is 14.9 Å². The standard InChI is InChI=1S/C6H6O5/c7-5(8)1-3(6(9)10)4-2-11-4/h1,4H,2H2,(H,7,8)(H,9,10)/b3-1-. The molecule has 1 unspecified atom stereocenters. The van der Waals surface area contributed by atoms with Crippen LogP contribution in [0.25, 0.3) is 0 Å². The predicted molar refractivity (Wildman–Crippen MR) is 33.1 cm³/mol. The maximum atomic E-state index is 10.3. The van der Waals surface area contributed by atoms with Crippen molar-refractivity contribution in [3.63, 3.8) is 0 Å². The number of aliphatic carboxylic acids is 2. The summed E-state index contributed by atoms with van der Waals surface area (Å²) in [6, 6.07) is 0. The van der Waals surface area contributed by atoms with E-state index in [0.29, 0.717) is 12.7 Å². The minimum absolute atomic E-state index is 0.197. The third-order valence-electron chi connectivity index (χ3n) is 1.21. The third-order valence-corrected chi connectivity index (χ3v) is 1.21. The molecule has 1 heterocycles. The summed E-state index contributed by atoms with van der Waals surface area (Å²) >= 11 is 0. The Balaban J connectivity index is 2.73. The van der Waals surface area contributed by atoms with Crippen LogP contribution in [0.3, 0.4) is 0 Å². The lowest BCUT2D eigenvalue weighted by Gasteiger charge is -1.92. The Hall–Kier alpha value is -1.36. The zero-order valence-corrected chi connectivity index (χ0v) is 5.48. The summed E-state index contributed by atoms with van der Waals surface area (Å²) in [4.78, 5) is 20.4. The van der Waals surface area contributed by atoms with Gasteiger partial charge in [0.25, 0.3) is 0 Å². The molecule has 1 saturated heterocycles. The highest BCUT2D eigenvalue weighted by atomic mass is 16.6. The van der Waals surface area contributed by atoms with Gasteiger partial charge in [-0.25, -0.2) is 9.59 Å². The van der Waals surface area contributed by atoms with Crippen LogP contribution in [-0.4, -0.2) is 34.9 Å². The van der Waals surface area contributed by atoms with Gasteiger partial charge >= 0.3 is 11.9 Å². The summed E-state index contributed by atoms with van der Waals surface area (Å²) in [7, 11) is 0. The fourth-order valence-electron chi connectivity index (χ4n) is 0.653. The molecule has 2 N–H and O–H groups in total. The Bertz CT molecular complexity index is 225. The van der Waals surface area contributed by atoms with Gasteiger partial charge in [0.1, 0.15) is 6.10 Å². The SMILES string of the molecule is O=C(O)/C=C(\C(=O)O)C1CO1. The molecule has 5 nitrogen and oxygen atoms in total. The summed E-state index contributed by atoms with van der Waals surface area (Å²) < 4.78 is 4.62. The van der Waals surface area contributed by atoms with Crippen LogP contribution < -0.4 is 0 Å². The van der Waals surface area contributed by atoms with Crippen molar-refractivity contribution in [3.8, 4) is 0 Å². The van der Waals surface area contributed by atoms with Gasteiger partial charge in [-0.15, -0.1) is 0 Å². The van der Waals surface area contributed by atoms with Crippen LogP contribution in [-0.2, 0) is 14.3 Å². The van der Waals surface area contributed by atoms with Crippen molar-refractivity contribution in [2.75, 3.05) is 6.61 Å². The van der Waals surface area contributed by atoms with Crippen LogP contribution in [0.4, 0.5) is 0 Å². The molecule has 0 aliphatic carbocycles. The van der Waals surface area contributed by atoms with Gasteiger partial charge in [-0.3, -0.25) is 0 Å². The minimum Gasteiger partial charge on any atom is -0.478 e. The Morgan fingerprint density at radius 3 is 2.27 bits per heavy atom. The van der Waals surface area contributed by atoms with E-state index in [1.165, 1.54) is 0 Å². The molecule has 5 heteroatoms. The van der Waals surface area contributed by atoms with E-state index >= 15 is 0 Å². The molecule has 0 aromatic heterocycles. The van der Waals surface area contributed by atoms with Gasteiger partial charge in [0, 0.05) is 6.08 Å². The molecule has 0 saturated carbocycles. The number of carbonyl (C=O) groups is 2. The molecule has 0 bridgehead atoms. The lowest BCUT2D eigenvalue weighted by atomic mass is 10.2. The van der Waals surface area contributed by atoms with Gasteiger partial charge in [0.2, 0.25) is 0 Å². The average molecular weight is 158 g/mol. The summed E-state index contributed by atoms with van der Waals surface area (Å²) in [5.74, 6) is -2.51. The van der Waals surface area contributed by atoms with E-state index in [1.54, 1.807) is 0 Å². The fraction of sp³-hybridized carbons (Fsp3) is 0.333. The van der Waals surface area contributed by atoms with Crippen molar-refractivity contribution in [2.45, 2.75) is 6.10 Å². The number of carboxylic acid groups (broad SMARTS) is 2. The number of hydrogen-bond donors (Lipinski definition) is 2. The normalized spacial score (nSPS) is 22.9. The van der Waals surface area contributed by atoms with E-state index < -0.39 is 18.0 Å². The maximum absolute atomic E-state index is 10.3. The number of rotatable bonds is 3. The van der Waals surface area contributed by atoms with E-state index in [2.05, 4.69) is 4.74 Å². The van der Waals surface area contributed by atoms with E-state index in [9.17, 15) is 9.59 Å². The highest BCUT2D eigenvalue weighted by Crippen LogP contribution is 2.19. The molecular weight excluding hydrogens is 152 g/mol. The first-order chi connectivity index (χ1) is 5.11. The number of carboxylic acids is 2. The Morgan fingerprint density at radius 2 is 2.00 bits per heavy atom. The van der Waals surface area contributed by atoms with Gasteiger partial charge in [-0.1, -0.05) is 0 Å². The molecule has 0 radical (unpaired) electrons. The molecule has 1 atom stereocenters. The molecule has 60 valence electrons. The molecule has 1 fully saturated rings.